The predicted molar refractivity (Wildman–Crippen MR) is 75.7 cm³/mol. The molecule has 2 aliphatic rings. The van der Waals surface area contributed by atoms with E-state index in [1.54, 1.807) is 11.9 Å². The lowest BCUT2D eigenvalue weighted by Crippen LogP contribution is -2.64. The molecule has 1 aliphatic heterocycles. The van der Waals surface area contributed by atoms with E-state index < -0.39 is 17.2 Å². The Morgan fingerprint density at radius 2 is 1.76 bits per heavy atom. The Balaban J connectivity index is 1.85. The minimum atomic E-state index is -0.608. The van der Waals surface area contributed by atoms with Gasteiger partial charge in [0.2, 0.25) is 5.91 Å². The highest BCUT2D eigenvalue weighted by atomic mass is 19.1. The number of halogens is 2. The molecule has 1 amide bonds. The van der Waals surface area contributed by atoms with Crippen molar-refractivity contribution in [2.24, 2.45) is 0 Å². The third-order valence-electron chi connectivity index (χ3n) is 4.81. The highest BCUT2D eigenvalue weighted by Gasteiger charge is 2.46. The molecule has 1 atom stereocenters. The summed E-state index contributed by atoms with van der Waals surface area (Å²) in [4.78, 5) is 14.4. The van der Waals surface area contributed by atoms with Gasteiger partial charge in [0.15, 0.2) is 0 Å². The molecule has 1 aromatic carbocycles. The van der Waals surface area contributed by atoms with Crippen LogP contribution in [0.2, 0.25) is 0 Å². The van der Waals surface area contributed by atoms with Crippen LogP contribution in [0.15, 0.2) is 18.2 Å². The maximum Gasteiger partial charge on any atom is 0.243 e. The molecular weight excluding hydrogens is 274 g/mol. The van der Waals surface area contributed by atoms with Gasteiger partial charge in [-0.05, 0) is 30.5 Å². The van der Waals surface area contributed by atoms with Gasteiger partial charge in [-0.1, -0.05) is 19.3 Å². The second-order valence-electron chi connectivity index (χ2n) is 6.16. The van der Waals surface area contributed by atoms with E-state index in [0.717, 1.165) is 31.7 Å². The highest BCUT2D eigenvalue weighted by Crippen LogP contribution is 2.36. The fourth-order valence-electron chi connectivity index (χ4n) is 3.64. The van der Waals surface area contributed by atoms with Gasteiger partial charge in [-0.25, -0.2) is 8.78 Å². The summed E-state index contributed by atoms with van der Waals surface area (Å²) in [5.74, 6) is -1.17. The van der Waals surface area contributed by atoms with Crippen molar-refractivity contribution in [3.8, 4) is 0 Å². The lowest BCUT2D eigenvalue weighted by atomic mass is 9.78. The number of amides is 1. The van der Waals surface area contributed by atoms with Crippen molar-refractivity contribution in [3.05, 3.63) is 35.4 Å². The Hall–Kier alpha value is -1.49. The Morgan fingerprint density at radius 1 is 1.14 bits per heavy atom. The number of nitrogens with one attached hydrogen (secondary N) is 1. The van der Waals surface area contributed by atoms with Gasteiger partial charge in [0.1, 0.15) is 11.6 Å². The number of rotatable bonds is 1. The largest absolute Gasteiger partial charge is 0.336 e. The smallest absolute Gasteiger partial charge is 0.243 e. The van der Waals surface area contributed by atoms with E-state index in [4.69, 9.17) is 0 Å². The minimum absolute atomic E-state index is 0.0446. The topological polar surface area (TPSA) is 32.3 Å². The average Bonchev–Trinajstić information content (AvgIpc) is 2.45. The third-order valence-corrected chi connectivity index (χ3v) is 4.81. The van der Waals surface area contributed by atoms with Crippen LogP contribution in [-0.2, 0) is 4.79 Å². The zero-order valence-corrected chi connectivity index (χ0v) is 12.2. The molecule has 21 heavy (non-hydrogen) atoms. The molecule has 0 radical (unpaired) electrons. The summed E-state index contributed by atoms with van der Waals surface area (Å²) in [6.07, 6.45) is 4.96. The number of carbonyl (C=O) groups is 1. The molecule has 0 aromatic heterocycles. The molecule has 0 bridgehead atoms. The number of piperazine rings is 1. The summed E-state index contributed by atoms with van der Waals surface area (Å²) in [6, 6.07) is 3.13. The van der Waals surface area contributed by atoms with Crippen molar-refractivity contribution in [2.45, 2.75) is 43.7 Å². The number of hydrogen-bond acceptors (Lipinski definition) is 2. The van der Waals surface area contributed by atoms with E-state index >= 15 is 0 Å². The van der Waals surface area contributed by atoms with Crippen LogP contribution in [0.3, 0.4) is 0 Å². The molecular formula is C16H20F2N2O. The van der Waals surface area contributed by atoms with Gasteiger partial charge in [-0.2, -0.15) is 0 Å². The normalized spacial score (nSPS) is 25.4. The van der Waals surface area contributed by atoms with Crippen LogP contribution < -0.4 is 5.32 Å². The van der Waals surface area contributed by atoms with Gasteiger partial charge in [-0.15, -0.1) is 0 Å². The molecule has 1 aliphatic carbocycles. The van der Waals surface area contributed by atoms with Crippen LogP contribution in [0.1, 0.15) is 43.7 Å². The summed E-state index contributed by atoms with van der Waals surface area (Å²) >= 11 is 0. The van der Waals surface area contributed by atoms with E-state index in [2.05, 4.69) is 5.32 Å². The van der Waals surface area contributed by atoms with E-state index in [1.807, 2.05) is 0 Å². The van der Waals surface area contributed by atoms with Gasteiger partial charge < -0.3 is 10.2 Å². The number of nitrogens with zero attached hydrogens (tertiary/aromatic N) is 1. The summed E-state index contributed by atoms with van der Waals surface area (Å²) in [5.41, 5.74) is 0.0385. The molecule has 1 saturated heterocycles. The van der Waals surface area contributed by atoms with Crippen molar-refractivity contribution in [1.82, 2.24) is 10.2 Å². The molecule has 1 spiro atoms. The predicted octanol–water partition coefficient (Wildman–Crippen LogP) is 2.77. The molecule has 3 nitrogen and oxygen atoms in total. The SMILES string of the molecule is CN1C(=O)C2(CCCCC2)NC[C@H]1c1cc(F)cc(F)c1. The Morgan fingerprint density at radius 3 is 2.38 bits per heavy atom. The molecule has 1 N–H and O–H groups in total. The van der Waals surface area contributed by atoms with E-state index in [1.165, 1.54) is 18.6 Å². The highest BCUT2D eigenvalue weighted by molar-refractivity contribution is 5.87. The Bertz CT molecular complexity index is 535. The number of likely N-dealkylation sites (N-methyl/N-ethyl adjacent to an activating group) is 1. The second kappa shape index (κ2) is 5.37. The second-order valence-corrected chi connectivity index (χ2v) is 6.16. The standard InChI is InChI=1S/C16H20F2N2O/c1-20-14(11-7-12(17)9-13(18)8-11)10-19-16(15(20)21)5-3-2-4-6-16/h7-9,14,19H,2-6,10H2,1H3/t14-/m0/s1. The summed E-state index contributed by atoms with van der Waals surface area (Å²) in [6.45, 7) is 0.533. The zero-order chi connectivity index (χ0) is 15.0. The van der Waals surface area contributed by atoms with Crippen molar-refractivity contribution in [3.63, 3.8) is 0 Å². The first-order valence-electron chi connectivity index (χ1n) is 7.50. The Labute approximate surface area is 123 Å². The lowest BCUT2D eigenvalue weighted by molar-refractivity contribution is -0.145. The molecule has 114 valence electrons. The summed E-state index contributed by atoms with van der Waals surface area (Å²) in [7, 11) is 1.73. The van der Waals surface area contributed by atoms with Gasteiger partial charge in [0.25, 0.3) is 0 Å². The van der Waals surface area contributed by atoms with Crippen LogP contribution in [0.4, 0.5) is 8.78 Å². The maximum atomic E-state index is 13.4. The first kappa shape index (κ1) is 14.4. The molecule has 5 heteroatoms. The third kappa shape index (κ3) is 2.55. The van der Waals surface area contributed by atoms with Crippen molar-refractivity contribution < 1.29 is 13.6 Å². The summed E-state index contributed by atoms with van der Waals surface area (Å²) < 4.78 is 26.8. The van der Waals surface area contributed by atoms with Gasteiger partial charge >= 0.3 is 0 Å². The first-order chi connectivity index (χ1) is 10.0. The Kier molecular flexibility index (Phi) is 3.69. The van der Waals surface area contributed by atoms with E-state index in [-0.39, 0.29) is 11.9 Å². The van der Waals surface area contributed by atoms with Crippen LogP contribution in [-0.4, -0.2) is 29.9 Å². The van der Waals surface area contributed by atoms with E-state index in [9.17, 15) is 13.6 Å². The molecule has 1 saturated carbocycles. The maximum absolute atomic E-state index is 13.4. The average molecular weight is 294 g/mol. The summed E-state index contributed by atoms with van der Waals surface area (Å²) in [5, 5.41) is 3.37. The van der Waals surface area contributed by atoms with E-state index in [0.29, 0.717) is 12.1 Å². The fourth-order valence-corrected chi connectivity index (χ4v) is 3.64. The van der Waals surface area contributed by atoms with Crippen molar-refractivity contribution in [1.29, 1.82) is 0 Å². The molecule has 1 aromatic rings. The fraction of sp³-hybridized carbons (Fsp3) is 0.562. The van der Waals surface area contributed by atoms with Crippen LogP contribution >= 0.6 is 0 Å². The van der Waals surface area contributed by atoms with Crippen LogP contribution in [0.25, 0.3) is 0 Å². The monoisotopic (exact) mass is 294 g/mol. The van der Waals surface area contributed by atoms with Crippen LogP contribution in [0, 0.1) is 11.6 Å². The molecule has 3 rings (SSSR count). The van der Waals surface area contributed by atoms with Crippen molar-refractivity contribution >= 4 is 5.91 Å². The number of carbonyl (C=O) groups excluding carboxylic acids is 1. The number of benzene rings is 1. The molecule has 0 unspecified atom stereocenters. The quantitative estimate of drug-likeness (QED) is 0.864. The van der Waals surface area contributed by atoms with Gasteiger partial charge in [-0.3, -0.25) is 4.79 Å². The molecule has 2 fully saturated rings. The first-order valence-corrected chi connectivity index (χ1v) is 7.50. The van der Waals surface area contributed by atoms with Crippen molar-refractivity contribution in [2.75, 3.05) is 13.6 Å². The lowest BCUT2D eigenvalue weighted by Gasteiger charge is -2.47. The molecule has 1 heterocycles. The van der Waals surface area contributed by atoms with Gasteiger partial charge in [0, 0.05) is 19.7 Å². The zero-order valence-electron chi connectivity index (χ0n) is 12.2. The number of hydrogen-bond donors (Lipinski definition) is 1. The minimum Gasteiger partial charge on any atom is -0.336 e. The van der Waals surface area contributed by atoms with Crippen LogP contribution in [0.5, 0.6) is 0 Å². The van der Waals surface area contributed by atoms with Gasteiger partial charge in [0.05, 0.1) is 11.6 Å².